The van der Waals surface area contributed by atoms with Crippen molar-refractivity contribution in [1.82, 2.24) is 14.8 Å². The Morgan fingerprint density at radius 1 is 0.973 bits per heavy atom. The number of aryl methyl sites for hydroxylation is 1. The molecule has 0 bridgehead atoms. The molecular weight excluding hydrogens is 502 g/mol. The number of halogens is 2. The van der Waals surface area contributed by atoms with Gasteiger partial charge in [0.05, 0.1) is 25.7 Å². The Hall–Kier alpha value is -4.12. The molecule has 0 atom stereocenters. The Balaban J connectivity index is 1.60. The number of ether oxygens (including phenoxy) is 3. The van der Waals surface area contributed by atoms with Gasteiger partial charge in [-0.25, -0.2) is 0 Å². The summed E-state index contributed by atoms with van der Waals surface area (Å²) in [7, 11) is 3.14. The predicted molar refractivity (Wildman–Crippen MR) is 137 cm³/mol. The number of methoxy groups -OCH3 is 2. The molecule has 4 rings (SSSR count). The van der Waals surface area contributed by atoms with Crippen LogP contribution in [0.5, 0.6) is 17.2 Å². The Kier molecular flexibility index (Phi) is 8.24. The normalized spacial score (nSPS) is 10.9. The molecule has 0 spiro atoms. The number of carbonyl (C=O) groups is 1. The molecule has 0 unspecified atom stereocenters. The van der Waals surface area contributed by atoms with Crippen LogP contribution >= 0.6 is 11.8 Å². The number of nitrogens with one attached hydrogen (secondary N) is 1. The van der Waals surface area contributed by atoms with E-state index in [4.69, 9.17) is 9.47 Å². The van der Waals surface area contributed by atoms with Crippen LogP contribution in [0.3, 0.4) is 0 Å². The summed E-state index contributed by atoms with van der Waals surface area (Å²) in [6.07, 6.45) is 0. The first kappa shape index (κ1) is 26.0. The summed E-state index contributed by atoms with van der Waals surface area (Å²) in [5.74, 6) is 1.49. The van der Waals surface area contributed by atoms with Crippen LogP contribution in [0.15, 0.2) is 71.9 Å². The Morgan fingerprint density at radius 2 is 1.68 bits per heavy atom. The lowest BCUT2D eigenvalue weighted by molar-refractivity contribution is -0.113. The fourth-order valence-corrected chi connectivity index (χ4v) is 4.23. The molecule has 11 heteroatoms. The van der Waals surface area contributed by atoms with E-state index in [1.807, 2.05) is 41.8 Å². The molecule has 1 N–H and O–H groups in total. The molecular formula is C26H24F2N4O4S. The van der Waals surface area contributed by atoms with Crippen molar-refractivity contribution in [3.8, 4) is 34.3 Å². The Morgan fingerprint density at radius 3 is 2.32 bits per heavy atom. The highest BCUT2D eigenvalue weighted by atomic mass is 32.2. The van der Waals surface area contributed by atoms with Crippen LogP contribution in [0.4, 0.5) is 14.5 Å². The minimum Gasteiger partial charge on any atom is -0.497 e. The van der Waals surface area contributed by atoms with Crippen molar-refractivity contribution in [2.24, 2.45) is 0 Å². The monoisotopic (exact) mass is 526 g/mol. The van der Waals surface area contributed by atoms with Crippen LogP contribution < -0.4 is 19.5 Å². The lowest BCUT2D eigenvalue weighted by Gasteiger charge is -2.15. The summed E-state index contributed by atoms with van der Waals surface area (Å²) in [5.41, 5.74) is 3.04. The highest BCUT2D eigenvalue weighted by molar-refractivity contribution is 7.99. The molecule has 0 aliphatic rings. The highest BCUT2D eigenvalue weighted by Crippen LogP contribution is 2.35. The third kappa shape index (κ3) is 6.36. The quantitative estimate of drug-likeness (QED) is 0.270. The second-order valence-electron chi connectivity index (χ2n) is 7.79. The van der Waals surface area contributed by atoms with Gasteiger partial charge < -0.3 is 19.5 Å². The fraction of sp³-hybridized carbons (Fsp3) is 0.192. The molecule has 0 aliphatic carbocycles. The van der Waals surface area contributed by atoms with E-state index in [1.165, 1.54) is 36.0 Å². The van der Waals surface area contributed by atoms with E-state index in [2.05, 4.69) is 20.3 Å². The fourth-order valence-electron chi connectivity index (χ4n) is 3.49. The van der Waals surface area contributed by atoms with E-state index in [9.17, 15) is 13.6 Å². The van der Waals surface area contributed by atoms with Crippen LogP contribution in [-0.4, -0.2) is 47.3 Å². The van der Waals surface area contributed by atoms with E-state index in [0.717, 1.165) is 11.1 Å². The minimum atomic E-state index is -2.91. The zero-order valence-corrected chi connectivity index (χ0v) is 21.1. The average molecular weight is 527 g/mol. The summed E-state index contributed by atoms with van der Waals surface area (Å²) < 4.78 is 41.8. The first-order chi connectivity index (χ1) is 17.9. The lowest BCUT2D eigenvalue weighted by Crippen LogP contribution is -2.14. The maximum atomic E-state index is 12.6. The van der Waals surface area contributed by atoms with Crippen molar-refractivity contribution in [3.63, 3.8) is 0 Å². The number of anilines is 1. The molecule has 0 saturated heterocycles. The number of amides is 1. The van der Waals surface area contributed by atoms with Crippen molar-refractivity contribution < 1.29 is 27.8 Å². The van der Waals surface area contributed by atoms with Crippen LogP contribution in [0, 0.1) is 6.92 Å². The van der Waals surface area contributed by atoms with Gasteiger partial charge in [-0.2, -0.15) is 8.78 Å². The largest absolute Gasteiger partial charge is 0.497 e. The minimum absolute atomic E-state index is 0.00588. The molecule has 0 radical (unpaired) electrons. The number of hydrogen-bond acceptors (Lipinski definition) is 7. The third-order valence-corrected chi connectivity index (χ3v) is 6.19. The summed E-state index contributed by atoms with van der Waals surface area (Å²) in [5, 5.41) is 12.0. The van der Waals surface area contributed by atoms with Gasteiger partial charge in [-0.05, 0) is 43.3 Å². The molecule has 3 aromatic carbocycles. The first-order valence-corrected chi connectivity index (χ1v) is 12.1. The number of benzene rings is 3. The summed E-state index contributed by atoms with van der Waals surface area (Å²) in [6, 6.07) is 18.9. The number of hydrogen-bond donors (Lipinski definition) is 1. The number of nitrogens with zero attached hydrogens (tertiary/aromatic N) is 3. The van der Waals surface area contributed by atoms with Crippen molar-refractivity contribution >= 4 is 23.4 Å². The zero-order chi connectivity index (χ0) is 26.4. The molecule has 8 nitrogen and oxygen atoms in total. The molecule has 192 valence electrons. The molecule has 4 aromatic rings. The average Bonchev–Trinajstić information content (AvgIpc) is 3.32. The maximum absolute atomic E-state index is 12.6. The van der Waals surface area contributed by atoms with Crippen LogP contribution in [0.1, 0.15) is 5.56 Å². The van der Waals surface area contributed by atoms with Crippen LogP contribution in [-0.2, 0) is 4.79 Å². The van der Waals surface area contributed by atoms with Gasteiger partial charge >= 0.3 is 6.61 Å². The van der Waals surface area contributed by atoms with Crippen molar-refractivity contribution in [3.05, 3.63) is 72.3 Å². The first-order valence-electron chi connectivity index (χ1n) is 11.1. The summed E-state index contributed by atoms with van der Waals surface area (Å²) in [6.45, 7) is -0.916. The molecule has 37 heavy (non-hydrogen) atoms. The van der Waals surface area contributed by atoms with Crippen LogP contribution in [0.2, 0.25) is 0 Å². The molecule has 1 aromatic heterocycles. The van der Waals surface area contributed by atoms with Gasteiger partial charge in [-0.3, -0.25) is 9.36 Å². The second kappa shape index (κ2) is 11.7. The summed E-state index contributed by atoms with van der Waals surface area (Å²) >= 11 is 1.19. The zero-order valence-electron chi connectivity index (χ0n) is 20.3. The van der Waals surface area contributed by atoms with Crippen molar-refractivity contribution in [2.45, 2.75) is 18.7 Å². The Labute approximate surface area is 216 Å². The van der Waals surface area contributed by atoms with E-state index < -0.39 is 6.61 Å². The number of rotatable bonds is 10. The van der Waals surface area contributed by atoms with Gasteiger partial charge in [0.25, 0.3) is 0 Å². The number of aromatic nitrogens is 3. The molecule has 1 heterocycles. The highest BCUT2D eigenvalue weighted by Gasteiger charge is 2.21. The van der Waals surface area contributed by atoms with E-state index >= 15 is 0 Å². The Bertz CT molecular complexity index is 1360. The number of carbonyl (C=O) groups excluding carboxylic acids is 1. The number of thioether (sulfide) groups is 1. The molecule has 0 fully saturated rings. The molecule has 0 aliphatic heterocycles. The maximum Gasteiger partial charge on any atom is 0.387 e. The summed E-state index contributed by atoms with van der Waals surface area (Å²) in [4.78, 5) is 12.6. The van der Waals surface area contributed by atoms with E-state index in [-0.39, 0.29) is 17.4 Å². The van der Waals surface area contributed by atoms with Crippen molar-refractivity contribution in [1.29, 1.82) is 0 Å². The molecule has 1 amide bonds. The SMILES string of the molecule is COc1ccc(OC)c(-n2c(SCC(=O)Nc3ccc(OC(F)F)cc3)nnc2-c2ccc(C)cc2)c1. The van der Waals surface area contributed by atoms with Crippen molar-refractivity contribution in [2.75, 3.05) is 25.3 Å². The standard InChI is InChI=1S/C26H24F2N4O4S/c1-16-4-6-17(7-5-16)24-30-31-26(32(24)21-14-20(34-2)12-13-22(21)35-3)37-15-23(33)29-18-8-10-19(11-9-18)36-25(27)28/h4-14,25H,15H2,1-3H3,(H,29,33). The lowest BCUT2D eigenvalue weighted by atomic mass is 10.1. The smallest absolute Gasteiger partial charge is 0.387 e. The van der Waals surface area contributed by atoms with Gasteiger partial charge in [0.1, 0.15) is 17.2 Å². The van der Waals surface area contributed by atoms with E-state index in [0.29, 0.717) is 33.9 Å². The number of alkyl halides is 2. The van der Waals surface area contributed by atoms with Gasteiger partial charge in [-0.15, -0.1) is 10.2 Å². The molecule has 0 saturated carbocycles. The van der Waals surface area contributed by atoms with Gasteiger partial charge in [0.15, 0.2) is 11.0 Å². The predicted octanol–water partition coefficient (Wildman–Crippen LogP) is 5.59. The topological polar surface area (TPSA) is 87.5 Å². The second-order valence-corrected chi connectivity index (χ2v) is 8.73. The van der Waals surface area contributed by atoms with Crippen LogP contribution in [0.25, 0.3) is 17.1 Å². The van der Waals surface area contributed by atoms with Gasteiger partial charge in [0.2, 0.25) is 5.91 Å². The third-order valence-electron chi connectivity index (χ3n) is 5.27. The van der Waals surface area contributed by atoms with Gasteiger partial charge in [0, 0.05) is 17.3 Å². The van der Waals surface area contributed by atoms with E-state index in [1.54, 1.807) is 26.4 Å². The van der Waals surface area contributed by atoms with Gasteiger partial charge in [-0.1, -0.05) is 41.6 Å².